The van der Waals surface area contributed by atoms with E-state index in [4.69, 9.17) is 22.2 Å². The third-order valence-corrected chi connectivity index (χ3v) is 4.37. The van der Waals surface area contributed by atoms with Crippen molar-refractivity contribution in [2.45, 2.75) is 39.3 Å². The molecule has 2 aromatic heterocycles. The zero-order valence-corrected chi connectivity index (χ0v) is 16.6. The number of nitrogen functional groups attached to an aromatic ring is 1. The zero-order chi connectivity index (χ0) is 19.8. The quantitative estimate of drug-likeness (QED) is 0.591. The number of carbonyl (C=O) groups excluding carboxylic acids is 1. The summed E-state index contributed by atoms with van der Waals surface area (Å²) in [4.78, 5) is 29.4. The van der Waals surface area contributed by atoms with Crippen molar-refractivity contribution in [1.82, 2.24) is 19.9 Å². The molecule has 1 atom stereocenters. The lowest BCUT2D eigenvalue weighted by atomic mass is 10.2. The van der Waals surface area contributed by atoms with E-state index in [-0.39, 0.29) is 12.1 Å². The van der Waals surface area contributed by atoms with E-state index in [1.807, 2.05) is 32.6 Å². The average molecular weight is 394 g/mol. The highest BCUT2D eigenvalue weighted by Crippen LogP contribution is 2.27. The first-order chi connectivity index (χ1) is 12.7. The number of piperazine rings is 1. The monoisotopic (exact) mass is 393 g/mol. The van der Waals surface area contributed by atoms with Crippen LogP contribution in [0, 0.1) is 0 Å². The number of fused-ring (bicyclic) bond motifs is 1. The molecule has 10 heteroatoms. The molecule has 0 unspecified atom stereocenters. The fourth-order valence-corrected chi connectivity index (χ4v) is 3.12. The second-order valence-electron chi connectivity index (χ2n) is 7.51. The SMILES string of the molecule is C[C@H]1CN(c2nc3ncc(Cl)cc3nc2NN)CCN1C(=O)OC(C)(C)C. The number of anilines is 2. The number of hydrazine groups is 1. The van der Waals surface area contributed by atoms with E-state index in [0.29, 0.717) is 47.5 Å². The smallest absolute Gasteiger partial charge is 0.410 e. The van der Waals surface area contributed by atoms with E-state index in [1.165, 1.54) is 6.20 Å². The van der Waals surface area contributed by atoms with Crippen LogP contribution in [0.25, 0.3) is 11.2 Å². The minimum absolute atomic E-state index is 0.0603. The molecular weight excluding hydrogens is 370 g/mol. The maximum Gasteiger partial charge on any atom is 0.410 e. The van der Waals surface area contributed by atoms with Crippen LogP contribution in [0.3, 0.4) is 0 Å². The number of rotatable bonds is 2. The van der Waals surface area contributed by atoms with Crippen molar-refractivity contribution in [2.24, 2.45) is 5.84 Å². The number of halogens is 1. The van der Waals surface area contributed by atoms with Crippen LogP contribution in [0.2, 0.25) is 5.02 Å². The standard InChI is InChI=1S/C17H24ClN7O2/c1-10-9-24(5-6-25(10)16(26)27-17(2,3)4)15-14(23-19)21-12-7-11(18)8-20-13(12)22-15/h7-8,10H,5-6,9,19H2,1-4H3,(H,21,23)/t10-/m0/s1. The molecule has 3 rings (SSSR count). The van der Waals surface area contributed by atoms with Gasteiger partial charge in [0.15, 0.2) is 17.3 Å². The van der Waals surface area contributed by atoms with Crippen molar-refractivity contribution in [1.29, 1.82) is 0 Å². The van der Waals surface area contributed by atoms with Gasteiger partial charge in [-0.15, -0.1) is 0 Å². The number of aromatic nitrogens is 3. The van der Waals surface area contributed by atoms with Crippen LogP contribution < -0.4 is 16.2 Å². The summed E-state index contributed by atoms with van der Waals surface area (Å²) in [6.07, 6.45) is 1.22. The highest BCUT2D eigenvalue weighted by molar-refractivity contribution is 6.31. The fraction of sp³-hybridized carbons (Fsp3) is 0.529. The number of hydrogen-bond donors (Lipinski definition) is 2. The maximum absolute atomic E-state index is 12.4. The number of hydrogen-bond acceptors (Lipinski definition) is 8. The van der Waals surface area contributed by atoms with Crippen molar-refractivity contribution in [3.05, 3.63) is 17.3 Å². The molecule has 3 heterocycles. The predicted octanol–water partition coefficient (Wildman–Crippen LogP) is 2.41. The van der Waals surface area contributed by atoms with Gasteiger partial charge in [0.1, 0.15) is 11.1 Å². The third kappa shape index (κ3) is 4.30. The number of nitrogens with one attached hydrogen (secondary N) is 1. The molecule has 3 N–H and O–H groups in total. The predicted molar refractivity (Wildman–Crippen MR) is 105 cm³/mol. The Morgan fingerprint density at radius 2 is 2.11 bits per heavy atom. The molecule has 1 aliphatic rings. The molecule has 0 aliphatic carbocycles. The van der Waals surface area contributed by atoms with Gasteiger partial charge in [-0.05, 0) is 33.8 Å². The summed E-state index contributed by atoms with van der Waals surface area (Å²) in [5.74, 6) is 6.68. The molecule has 146 valence electrons. The Hall–Kier alpha value is -2.39. The molecule has 0 saturated carbocycles. The summed E-state index contributed by atoms with van der Waals surface area (Å²) >= 11 is 5.97. The summed E-state index contributed by atoms with van der Waals surface area (Å²) in [5.41, 5.74) is 3.10. The number of pyridine rings is 1. The van der Waals surface area contributed by atoms with Crippen molar-refractivity contribution in [2.75, 3.05) is 30.0 Å². The summed E-state index contributed by atoms with van der Waals surface area (Å²) in [7, 11) is 0. The Balaban J connectivity index is 1.82. The molecule has 0 spiro atoms. The lowest BCUT2D eigenvalue weighted by Gasteiger charge is -2.40. The summed E-state index contributed by atoms with van der Waals surface area (Å²) in [5, 5.41) is 0.479. The zero-order valence-electron chi connectivity index (χ0n) is 15.9. The van der Waals surface area contributed by atoms with Gasteiger partial charge in [0.05, 0.1) is 5.02 Å². The number of nitrogens with two attached hydrogens (primary N) is 1. The van der Waals surface area contributed by atoms with E-state index in [1.54, 1.807) is 11.0 Å². The second-order valence-corrected chi connectivity index (χ2v) is 7.94. The number of amides is 1. The molecule has 1 aliphatic heterocycles. The second kappa shape index (κ2) is 7.32. The first-order valence-electron chi connectivity index (χ1n) is 8.72. The molecule has 9 nitrogen and oxygen atoms in total. The van der Waals surface area contributed by atoms with Gasteiger partial charge in [-0.25, -0.2) is 25.6 Å². The molecule has 0 aromatic carbocycles. The van der Waals surface area contributed by atoms with Gasteiger partial charge in [0.2, 0.25) is 0 Å². The van der Waals surface area contributed by atoms with Crippen LogP contribution in [-0.4, -0.2) is 57.2 Å². The number of nitrogens with zero attached hydrogens (tertiary/aromatic N) is 5. The highest BCUT2D eigenvalue weighted by atomic mass is 35.5. The van der Waals surface area contributed by atoms with Gasteiger partial charge in [-0.1, -0.05) is 11.6 Å². The van der Waals surface area contributed by atoms with Crippen molar-refractivity contribution >= 4 is 40.5 Å². The van der Waals surface area contributed by atoms with Crippen molar-refractivity contribution in [3.8, 4) is 0 Å². The highest BCUT2D eigenvalue weighted by Gasteiger charge is 2.32. The molecule has 0 radical (unpaired) electrons. The minimum atomic E-state index is -0.526. The number of ether oxygens (including phenoxy) is 1. The number of carbonyl (C=O) groups is 1. The first kappa shape index (κ1) is 19.4. The lowest BCUT2D eigenvalue weighted by Crippen LogP contribution is -2.55. The Kier molecular flexibility index (Phi) is 5.25. The Bertz CT molecular complexity index is 855. The molecule has 1 amide bonds. The van der Waals surface area contributed by atoms with Crippen molar-refractivity contribution in [3.63, 3.8) is 0 Å². The largest absolute Gasteiger partial charge is 0.444 e. The Morgan fingerprint density at radius 1 is 1.37 bits per heavy atom. The first-order valence-corrected chi connectivity index (χ1v) is 9.10. The minimum Gasteiger partial charge on any atom is -0.444 e. The van der Waals surface area contributed by atoms with Crippen LogP contribution in [0.15, 0.2) is 12.3 Å². The molecule has 27 heavy (non-hydrogen) atoms. The van der Waals surface area contributed by atoms with E-state index in [0.717, 1.165) is 0 Å². The Labute approximate surface area is 162 Å². The topological polar surface area (TPSA) is 110 Å². The third-order valence-electron chi connectivity index (χ3n) is 4.16. The average Bonchev–Trinajstić information content (AvgIpc) is 2.58. The summed E-state index contributed by atoms with van der Waals surface area (Å²) in [6, 6.07) is 1.62. The van der Waals surface area contributed by atoms with Crippen molar-refractivity contribution < 1.29 is 9.53 Å². The molecular formula is C17H24ClN7O2. The van der Waals surface area contributed by atoms with Gasteiger partial charge >= 0.3 is 6.09 Å². The molecule has 1 saturated heterocycles. The van der Waals surface area contributed by atoms with E-state index >= 15 is 0 Å². The van der Waals surface area contributed by atoms with Gasteiger partial charge in [0, 0.05) is 31.9 Å². The van der Waals surface area contributed by atoms with Gasteiger partial charge in [-0.3, -0.25) is 0 Å². The van der Waals surface area contributed by atoms with Crippen LogP contribution in [0.4, 0.5) is 16.4 Å². The van der Waals surface area contributed by atoms with Crippen LogP contribution in [0.1, 0.15) is 27.7 Å². The van der Waals surface area contributed by atoms with E-state index < -0.39 is 5.60 Å². The van der Waals surface area contributed by atoms with E-state index in [9.17, 15) is 4.79 Å². The summed E-state index contributed by atoms with van der Waals surface area (Å²) < 4.78 is 5.49. The van der Waals surface area contributed by atoms with Gasteiger partial charge < -0.3 is 20.0 Å². The van der Waals surface area contributed by atoms with Crippen LogP contribution >= 0.6 is 11.6 Å². The Morgan fingerprint density at radius 3 is 2.74 bits per heavy atom. The molecule has 2 aromatic rings. The lowest BCUT2D eigenvalue weighted by molar-refractivity contribution is 0.0158. The molecule has 0 bridgehead atoms. The normalized spacial score (nSPS) is 17.9. The van der Waals surface area contributed by atoms with E-state index in [2.05, 4.69) is 20.4 Å². The van der Waals surface area contributed by atoms with Gasteiger partial charge in [0.25, 0.3) is 0 Å². The summed E-state index contributed by atoms with van der Waals surface area (Å²) in [6.45, 7) is 9.19. The van der Waals surface area contributed by atoms with Gasteiger partial charge in [-0.2, -0.15) is 0 Å². The molecule has 1 fully saturated rings. The van der Waals surface area contributed by atoms with Crippen LogP contribution in [-0.2, 0) is 4.74 Å². The van der Waals surface area contributed by atoms with Crippen LogP contribution in [0.5, 0.6) is 0 Å². The fourth-order valence-electron chi connectivity index (χ4n) is 2.97. The maximum atomic E-state index is 12.4.